The van der Waals surface area contributed by atoms with Gasteiger partial charge in [0, 0.05) is 25.0 Å². The van der Waals surface area contributed by atoms with Crippen LogP contribution in [0.5, 0.6) is 11.5 Å². The Balaban J connectivity index is 1.27. The molecule has 0 fully saturated rings. The molecule has 0 radical (unpaired) electrons. The Morgan fingerprint density at radius 1 is 0.767 bits per heavy atom. The SMILES string of the molecule is c1ccc(Oc2ccc(Nc3nccc(N4CCc5ccccc5C4)n3)cc2)cc1. The fraction of sp³-hybridized carbons (Fsp3) is 0.120. The molecule has 0 atom stereocenters. The van der Waals surface area contributed by atoms with Gasteiger partial charge in [0.05, 0.1) is 0 Å². The van der Waals surface area contributed by atoms with Crippen LogP contribution in [0.4, 0.5) is 17.5 Å². The van der Waals surface area contributed by atoms with Gasteiger partial charge in [-0.2, -0.15) is 4.98 Å². The predicted octanol–water partition coefficient (Wildman–Crippen LogP) is 5.58. The lowest BCUT2D eigenvalue weighted by atomic mass is 10.00. The molecule has 0 amide bonds. The van der Waals surface area contributed by atoms with Gasteiger partial charge >= 0.3 is 0 Å². The zero-order chi connectivity index (χ0) is 20.2. The molecule has 0 aliphatic carbocycles. The first-order valence-electron chi connectivity index (χ1n) is 10.1. The number of anilines is 3. The van der Waals surface area contributed by atoms with E-state index in [0.717, 1.165) is 42.5 Å². The molecule has 0 spiro atoms. The number of hydrogen-bond donors (Lipinski definition) is 1. The van der Waals surface area contributed by atoms with Crippen molar-refractivity contribution in [3.8, 4) is 11.5 Å². The fourth-order valence-electron chi connectivity index (χ4n) is 3.64. The van der Waals surface area contributed by atoms with E-state index in [0.29, 0.717) is 5.95 Å². The normalized spacial score (nSPS) is 12.9. The molecule has 1 aliphatic heterocycles. The first-order valence-corrected chi connectivity index (χ1v) is 10.1. The molecule has 1 aliphatic rings. The third-order valence-electron chi connectivity index (χ3n) is 5.18. The fourth-order valence-corrected chi connectivity index (χ4v) is 3.64. The van der Waals surface area contributed by atoms with E-state index >= 15 is 0 Å². The second-order valence-electron chi connectivity index (χ2n) is 7.24. The summed E-state index contributed by atoms with van der Waals surface area (Å²) in [6.45, 7) is 1.83. The van der Waals surface area contributed by atoms with Crippen LogP contribution in [-0.4, -0.2) is 16.5 Å². The second kappa shape index (κ2) is 8.25. The summed E-state index contributed by atoms with van der Waals surface area (Å²) in [7, 11) is 0. The molecule has 5 nitrogen and oxygen atoms in total. The highest BCUT2D eigenvalue weighted by molar-refractivity contribution is 5.56. The maximum atomic E-state index is 5.85. The summed E-state index contributed by atoms with van der Waals surface area (Å²) in [5.41, 5.74) is 3.71. The Morgan fingerprint density at radius 3 is 2.33 bits per heavy atom. The molecule has 0 saturated heterocycles. The summed E-state index contributed by atoms with van der Waals surface area (Å²) in [4.78, 5) is 11.4. The Hall–Kier alpha value is -3.86. The number of fused-ring (bicyclic) bond motifs is 1. The van der Waals surface area contributed by atoms with Crippen LogP contribution in [0.25, 0.3) is 0 Å². The highest BCUT2D eigenvalue weighted by Crippen LogP contribution is 2.26. The molecule has 0 saturated carbocycles. The summed E-state index contributed by atoms with van der Waals surface area (Å²) in [6.07, 6.45) is 2.84. The molecule has 2 heterocycles. The standard InChI is InChI=1S/C25H22N4O/c1-2-8-22(9-3-1)30-23-12-10-21(11-13-23)27-25-26-16-14-24(28-25)29-17-15-19-6-4-5-7-20(19)18-29/h1-14,16H,15,17-18H2,(H,26,27,28). The van der Waals surface area contributed by atoms with Gasteiger partial charge in [0.25, 0.3) is 0 Å². The maximum Gasteiger partial charge on any atom is 0.229 e. The monoisotopic (exact) mass is 394 g/mol. The Morgan fingerprint density at radius 2 is 1.50 bits per heavy atom. The Kier molecular flexibility index (Phi) is 5.00. The molecule has 148 valence electrons. The second-order valence-corrected chi connectivity index (χ2v) is 7.24. The number of para-hydroxylation sites is 1. The van der Waals surface area contributed by atoms with Crippen molar-refractivity contribution >= 4 is 17.5 Å². The van der Waals surface area contributed by atoms with Crippen molar-refractivity contribution in [2.45, 2.75) is 13.0 Å². The van der Waals surface area contributed by atoms with Crippen LogP contribution < -0.4 is 15.0 Å². The van der Waals surface area contributed by atoms with E-state index in [1.165, 1.54) is 11.1 Å². The summed E-state index contributed by atoms with van der Waals surface area (Å²) < 4.78 is 5.85. The summed E-state index contributed by atoms with van der Waals surface area (Å²) >= 11 is 0. The molecule has 3 aromatic carbocycles. The molecule has 30 heavy (non-hydrogen) atoms. The number of nitrogens with one attached hydrogen (secondary N) is 1. The van der Waals surface area contributed by atoms with Crippen molar-refractivity contribution in [2.75, 3.05) is 16.8 Å². The first kappa shape index (κ1) is 18.2. The Bertz CT molecular complexity index is 1130. The van der Waals surface area contributed by atoms with Crippen molar-refractivity contribution in [3.05, 3.63) is 102 Å². The summed E-state index contributed by atoms with van der Waals surface area (Å²) in [6, 6.07) is 28.1. The lowest BCUT2D eigenvalue weighted by Gasteiger charge is -2.29. The van der Waals surface area contributed by atoms with E-state index in [1.54, 1.807) is 6.20 Å². The van der Waals surface area contributed by atoms with Gasteiger partial charge in [0.2, 0.25) is 5.95 Å². The van der Waals surface area contributed by atoms with E-state index in [-0.39, 0.29) is 0 Å². The topological polar surface area (TPSA) is 50.3 Å². The number of hydrogen-bond acceptors (Lipinski definition) is 5. The van der Waals surface area contributed by atoms with Gasteiger partial charge in [-0.25, -0.2) is 4.98 Å². The van der Waals surface area contributed by atoms with E-state index in [9.17, 15) is 0 Å². The minimum atomic E-state index is 0.586. The lowest BCUT2D eigenvalue weighted by Crippen LogP contribution is -2.31. The number of nitrogens with zero attached hydrogens (tertiary/aromatic N) is 3. The van der Waals surface area contributed by atoms with Crippen LogP contribution in [0.1, 0.15) is 11.1 Å². The zero-order valence-corrected chi connectivity index (χ0v) is 16.5. The van der Waals surface area contributed by atoms with Crippen LogP contribution in [0.3, 0.4) is 0 Å². The molecule has 5 rings (SSSR count). The molecule has 5 heteroatoms. The van der Waals surface area contributed by atoms with Crippen molar-refractivity contribution < 1.29 is 4.74 Å². The van der Waals surface area contributed by atoms with Gasteiger partial charge in [-0.05, 0) is 60.0 Å². The van der Waals surface area contributed by atoms with Gasteiger partial charge in [-0.15, -0.1) is 0 Å². The minimum absolute atomic E-state index is 0.586. The third kappa shape index (κ3) is 4.10. The van der Waals surface area contributed by atoms with Crippen molar-refractivity contribution in [1.82, 2.24) is 9.97 Å². The van der Waals surface area contributed by atoms with Gasteiger partial charge in [0.1, 0.15) is 17.3 Å². The van der Waals surface area contributed by atoms with Crippen LogP contribution in [-0.2, 0) is 13.0 Å². The van der Waals surface area contributed by atoms with E-state index in [4.69, 9.17) is 9.72 Å². The van der Waals surface area contributed by atoms with E-state index in [2.05, 4.69) is 39.5 Å². The summed E-state index contributed by atoms with van der Waals surface area (Å²) in [5.74, 6) is 3.12. The van der Waals surface area contributed by atoms with Crippen LogP contribution in [0, 0.1) is 0 Å². The molecular formula is C25H22N4O. The average molecular weight is 394 g/mol. The minimum Gasteiger partial charge on any atom is -0.457 e. The highest BCUT2D eigenvalue weighted by atomic mass is 16.5. The van der Waals surface area contributed by atoms with Crippen LogP contribution in [0.15, 0.2) is 91.1 Å². The molecule has 0 bridgehead atoms. The van der Waals surface area contributed by atoms with Gasteiger partial charge in [-0.1, -0.05) is 42.5 Å². The molecule has 1 aromatic heterocycles. The van der Waals surface area contributed by atoms with E-state index in [1.807, 2.05) is 60.7 Å². The van der Waals surface area contributed by atoms with Crippen LogP contribution >= 0.6 is 0 Å². The largest absolute Gasteiger partial charge is 0.457 e. The molecule has 4 aromatic rings. The van der Waals surface area contributed by atoms with Crippen LogP contribution in [0.2, 0.25) is 0 Å². The molecule has 0 unspecified atom stereocenters. The third-order valence-corrected chi connectivity index (χ3v) is 5.18. The molecule has 1 N–H and O–H groups in total. The number of benzene rings is 3. The van der Waals surface area contributed by atoms with Gasteiger partial charge < -0.3 is 15.0 Å². The maximum absolute atomic E-state index is 5.85. The Labute approximate surface area is 176 Å². The number of ether oxygens (including phenoxy) is 1. The van der Waals surface area contributed by atoms with Crippen molar-refractivity contribution in [3.63, 3.8) is 0 Å². The molecular weight excluding hydrogens is 372 g/mol. The first-order chi connectivity index (χ1) is 14.8. The quantitative estimate of drug-likeness (QED) is 0.479. The predicted molar refractivity (Wildman–Crippen MR) is 119 cm³/mol. The average Bonchev–Trinajstić information content (AvgIpc) is 2.81. The van der Waals surface area contributed by atoms with Crippen molar-refractivity contribution in [1.29, 1.82) is 0 Å². The number of rotatable bonds is 5. The smallest absolute Gasteiger partial charge is 0.229 e. The lowest BCUT2D eigenvalue weighted by molar-refractivity contribution is 0.483. The van der Waals surface area contributed by atoms with Gasteiger partial charge in [0.15, 0.2) is 0 Å². The van der Waals surface area contributed by atoms with Crippen molar-refractivity contribution in [2.24, 2.45) is 0 Å². The van der Waals surface area contributed by atoms with E-state index < -0.39 is 0 Å². The van der Waals surface area contributed by atoms with Gasteiger partial charge in [-0.3, -0.25) is 0 Å². The zero-order valence-electron chi connectivity index (χ0n) is 16.5. The highest BCUT2D eigenvalue weighted by Gasteiger charge is 2.17. The summed E-state index contributed by atoms with van der Waals surface area (Å²) in [5, 5.41) is 3.29. The number of aromatic nitrogens is 2.